The summed E-state index contributed by atoms with van der Waals surface area (Å²) in [7, 11) is 1.62. The average Bonchev–Trinajstić information content (AvgIpc) is 2.73. The zero-order chi connectivity index (χ0) is 19.9. The summed E-state index contributed by atoms with van der Waals surface area (Å²) in [5, 5.41) is 3.40. The molecule has 1 aliphatic heterocycles. The third kappa shape index (κ3) is 5.24. The lowest BCUT2D eigenvalue weighted by molar-refractivity contribution is -0.122. The summed E-state index contributed by atoms with van der Waals surface area (Å²) >= 11 is 6.12. The Labute approximate surface area is 170 Å². The molecule has 2 aromatic rings. The zero-order valence-electron chi connectivity index (χ0n) is 15.9. The zero-order valence-corrected chi connectivity index (χ0v) is 16.6. The number of hydrogen-bond donors (Lipinski definition) is 1. The molecule has 1 fully saturated rings. The average molecular weight is 402 g/mol. The highest BCUT2D eigenvalue weighted by atomic mass is 35.5. The standard InChI is InChI=1S/C21H24ClN3O3/c1-28-17-8-6-16(7-9-17)14-23-20(26)15-24-10-12-25(13-11-24)21(27)18-4-2-3-5-19(18)22/h2-9H,10-15H2,1H3,(H,23,26). The van der Waals surface area contributed by atoms with E-state index in [1.54, 1.807) is 24.1 Å². The summed E-state index contributed by atoms with van der Waals surface area (Å²) in [6.45, 7) is 3.28. The second kappa shape index (κ2) is 9.57. The lowest BCUT2D eigenvalue weighted by atomic mass is 10.2. The minimum absolute atomic E-state index is 0.0262. The van der Waals surface area contributed by atoms with Crippen LogP contribution in [0.4, 0.5) is 0 Å². The lowest BCUT2D eigenvalue weighted by Crippen LogP contribution is -2.51. The number of carbonyl (C=O) groups excluding carboxylic acids is 2. The molecule has 3 rings (SSSR count). The molecule has 6 nitrogen and oxygen atoms in total. The number of piperazine rings is 1. The van der Waals surface area contributed by atoms with Crippen molar-refractivity contribution in [2.75, 3.05) is 39.8 Å². The molecule has 0 aliphatic carbocycles. The van der Waals surface area contributed by atoms with Crippen LogP contribution in [-0.2, 0) is 11.3 Å². The highest BCUT2D eigenvalue weighted by Crippen LogP contribution is 2.18. The first-order chi connectivity index (χ1) is 13.6. The van der Waals surface area contributed by atoms with E-state index in [1.165, 1.54) is 0 Å². The van der Waals surface area contributed by atoms with Gasteiger partial charge in [0.1, 0.15) is 5.75 Å². The smallest absolute Gasteiger partial charge is 0.255 e. The van der Waals surface area contributed by atoms with E-state index in [1.807, 2.05) is 36.4 Å². The minimum atomic E-state index is -0.0609. The molecule has 1 saturated heterocycles. The maximum absolute atomic E-state index is 12.6. The fraction of sp³-hybridized carbons (Fsp3) is 0.333. The number of amides is 2. The fourth-order valence-electron chi connectivity index (χ4n) is 3.12. The topological polar surface area (TPSA) is 61.9 Å². The van der Waals surface area contributed by atoms with Crippen molar-refractivity contribution in [3.05, 3.63) is 64.7 Å². The molecule has 0 unspecified atom stereocenters. The number of hydrogen-bond acceptors (Lipinski definition) is 4. The Morgan fingerprint density at radius 1 is 1.04 bits per heavy atom. The van der Waals surface area contributed by atoms with Gasteiger partial charge in [0.15, 0.2) is 0 Å². The quantitative estimate of drug-likeness (QED) is 0.807. The second-order valence-corrected chi connectivity index (χ2v) is 7.08. The maximum atomic E-state index is 12.6. The number of ether oxygens (including phenoxy) is 1. The molecule has 1 heterocycles. The van der Waals surface area contributed by atoms with E-state index in [-0.39, 0.29) is 11.8 Å². The van der Waals surface area contributed by atoms with E-state index in [0.717, 1.165) is 11.3 Å². The van der Waals surface area contributed by atoms with Crippen LogP contribution >= 0.6 is 11.6 Å². The monoisotopic (exact) mass is 401 g/mol. The number of carbonyl (C=O) groups is 2. The maximum Gasteiger partial charge on any atom is 0.255 e. The molecule has 0 spiro atoms. The van der Waals surface area contributed by atoms with Gasteiger partial charge in [-0.15, -0.1) is 0 Å². The first kappa shape index (κ1) is 20.2. The van der Waals surface area contributed by atoms with Crippen LogP contribution in [0.25, 0.3) is 0 Å². The van der Waals surface area contributed by atoms with Gasteiger partial charge >= 0.3 is 0 Å². The largest absolute Gasteiger partial charge is 0.497 e. The molecule has 1 N–H and O–H groups in total. The lowest BCUT2D eigenvalue weighted by Gasteiger charge is -2.34. The van der Waals surface area contributed by atoms with Gasteiger partial charge in [0.25, 0.3) is 5.91 Å². The summed E-state index contributed by atoms with van der Waals surface area (Å²) < 4.78 is 5.13. The van der Waals surface area contributed by atoms with Crippen molar-refractivity contribution in [3.8, 4) is 5.75 Å². The van der Waals surface area contributed by atoms with Gasteiger partial charge in [0, 0.05) is 32.7 Å². The summed E-state index contributed by atoms with van der Waals surface area (Å²) in [4.78, 5) is 28.6. The number of nitrogens with one attached hydrogen (secondary N) is 1. The molecule has 0 saturated carbocycles. The third-order valence-electron chi connectivity index (χ3n) is 4.78. The SMILES string of the molecule is COc1ccc(CNC(=O)CN2CCN(C(=O)c3ccccc3Cl)CC2)cc1. The second-order valence-electron chi connectivity index (χ2n) is 6.67. The Balaban J connectivity index is 1.42. The van der Waals surface area contributed by atoms with Crippen molar-refractivity contribution >= 4 is 23.4 Å². The highest BCUT2D eigenvalue weighted by Gasteiger charge is 2.24. The van der Waals surface area contributed by atoms with Gasteiger partial charge in [-0.2, -0.15) is 0 Å². The molecule has 2 aromatic carbocycles. The molecule has 7 heteroatoms. The predicted molar refractivity (Wildman–Crippen MR) is 109 cm³/mol. The van der Waals surface area contributed by atoms with Crippen molar-refractivity contribution in [1.82, 2.24) is 15.1 Å². The Morgan fingerprint density at radius 2 is 1.71 bits per heavy atom. The van der Waals surface area contributed by atoms with Crippen molar-refractivity contribution in [1.29, 1.82) is 0 Å². The third-order valence-corrected chi connectivity index (χ3v) is 5.11. The first-order valence-corrected chi connectivity index (χ1v) is 9.60. The Morgan fingerprint density at radius 3 is 2.36 bits per heavy atom. The molecular formula is C21H24ClN3O3. The molecular weight excluding hydrogens is 378 g/mol. The van der Waals surface area contributed by atoms with E-state index < -0.39 is 0 Å². The van der Waals surface area contributed by atoms with Crippen molar-refractivity contribution in [2.45, 2.75) is 6.54 Å². The van der Waals surface area contributed by atoms with Gasteiger partial charge in [0.2, 0.25) is 5.91 Å². The van der Waals surface area contributed by atoms with Gasteiger partial charge in [0.05, 0.1) is 24.2 Å². The van der Waals surface area contributed by atoms with Crippen LogP contribution in [0.2, 0.25) is 5.02 Å². The summed E-state index contributed by atoms with van der Waals surface area (Å²) in [6, 6.07) is 14.7. The van der Waals surface area contributed by atoms with Gasteiger partial charge in [-0.3, -0.25) is 14.5 Å². The highest BCUT2D eigenvalue weighted by molar-refractivity contribution is 6.33. The van der Waals surface area contributed by atoms with Crippen LogP contribution in [-0.4, -0.2) is 61.4 Å². The van der Waals surface area contributed by atoms with E-state index >= 15 is 0 Å². The molecule has 28 heavy (non-hydrogen) atoms. The number of halogens is 1. The number of nitrogens with zero attached hydrogens (tertiary/aromatic N) is 2. The Bertz CT molecular complexity index is 818. The minimum Gasteiger partial charge on any atom is -0.497 e. The van der Waals surface area contributed by atoms with Crippen LogP contribution < -0.4 is 10.1 Å². The number of benzene rings is 2. The molecule has 0 aromatic heterocycles. The Hall–Kier alpha value is -2.57. The molecule has 0 bridgehead atoms. The van der Waals surface area contributed by atoms with Crippen molar-refractivity contribution < 1.29 is 14.3 Å². The summed E-state index contributed by atoms with van der Waals surface area (Å²) in [5.41, 5.74) is 1.54. The van der Waals surface area contributed by atoms with Crippen molar-refractivity contribution in [3.63, 3.8) is 0 Å². The van der Waals surface area contributed by atoms with E-state index in [9.17, 15) is 9.59 Å². The molecule has 2 amide bonds. The summed E-state index contributed by atoms with van der Waals surface area (Å²) in [6.07, 6.45) is 0. The number of methoxy groups -OCH3 is 1. The van der Waals surface area contributed by atoms with Crippen LogP contribution in [0.1, 0.15) is 15.9 Å². The molecule has 0 radical (unpaired) electrons. The molecule has 0 atom stereocenters. The first-order valence-electron chi connectivity index (χ1n) is 9.22. The molecule has 1 aliphatic rings. The van der Waals surface area contributed by atoms with E-state index in [2.05, 4.69) is 10.2 Å². The number of rotatable bonds is 6. The van der Waals surface area contributed by atoms with E-state index in [4.69, 9.17) is 16.3 Å². The van der Waals surface area contributed by atoms with Crippen LogP contribution in [0, 0.1) is 0 Å². The normalized spacial score (nSPS) is 14.6. The van der Waals surface area contributed by atoms with Gasteiger partial charge in [-0.25, -0.2) is 0 Å². The molecule has 148 valence electrons. The summed E-state index contributed by atoms with van der Waals surface area (Å²) in [5.74, 6) is 0.704. The van der Waals surface area contributed by atoms with Gasteiger partial charge < -0.3 is 15.0 Å². The Kier molecular flexibility index (Phi) is 6.90. The van der Waals surface area contributed by atoms with Crippen LogP contribution in [0.5, 0.6) is 5.75 Å². The van der Waals surface area contributed by atoms with Crippen molar-refractivity contribution in [2.24, 2.45) is 0 Å². The van der Waals surface area contributed by atoms with E-state index in [0.29, 0.717) is 49.9 Å². The van der Waals surface area contributed by atoms with Crippen LogP contribution in [0.3, 0.4) is 0 Å². The van der Waals surface area contributed by atoms with Crippen LogP contribution in [0.15, 0.2) is 48.5 Å². The van der Waals surface area contributed by atoms with Gasteiger partial charge in [-0.1, -0.05) is 35.9 Å². The predicted octanol–water partition coefficient (Wildman–Crippen LogP) is 2.42. The fourth-order valence-corrected chi connectivity index (χ4v) is 3.33. The van der Waals surface area contributed by atoms with Gasteiger partial charge in [-0.05, 0) is 29.8 Å².